The predicted molar refractivity (Wildman–Crippen MR) is 66.2 cm³/mol. The summed E-state index contributed by atoms with van der Waals surface area (Å²) in [6, 6.07) is 0. The Morgan fingerprint density at radius 3 is 2.20 bits per heavy atom. The molecule has 15 heavy (non-hydrogen) atoms. The van der Waals surface area contributed by atoms with E-state index in [4.69, 9.17) is 0 Å². The molecule has 0 fully saturated rings. The first-order valence-electron chi connectivity index (χ1n) is 5.86. The van der Waals surface area contributed by atoms with Crippen molar-refractivity contribution in [1.82, 2.24) is 0 Å². The standard InChI is InChI=1S/C12H22O2S/c1-3-6-10(11(13)7-4-2)8-5-9-12(14)15/h10H,3-9H2,1-2H3,(H,14,15). The van der Waals surface area contributed by atoms with Crippen molar-refractivity contribution in [3.8, 4) is 0 Å². The molecule has 0 amide bonds. The van der Waals surface area contributed by atoms with Crippen LogP contribution in [0.3, 0.4) is 0 Å². The topological polar surface area (TPSA) is 34.1 Å². The molecule has 0 radical (unpaired) electrons. The molecule has 2 nitrogen and oxygen atoms in total. The van der Waals surface area contributed by atoms with E-state index in [1.807, 2.05) is 6.92 Å². The fraction of sp³-hybridized carbons (Fsp3) is 0.833. The lowest BCUT2D eigenvalue weighted by Gasteiger charge is -2.13. The van der Waals surface area contributed by atoms with E-state index in [0.717, 1.165) is 32.1 Å². The van der Waals surface area contributed by atoms with E-state index in [1.165, 1.54) is 0 Å². The van der Waals surface area contributed by atoms with Gasteiger partial charge in [-0.1, -0.05) is 20.3 Å². The zero-order valence-electron chi connectivity index (χ0n) is 9.79. The monoisotopic (exact) mass is 230 g/mol. The van der Waals surface area contributed by atoms with Gasteiger partial charge in [0.05, 0.1) is 0 Å². The highest BCUT2D eigenvalue weighted by Crippen LogP contribution is 2.18. The minimum absolute atomic E-state index is 0.0758. The Labute approximate surface area is 98.2 Å². The Bertz CT molecular complexity index is 202. The summed E-state index contributed by atoms with van der Waals surface area (Å²) in [6.45, 7) is 4.12. The number of thiol groups is 1. The van der Waals surface area contributed by atoms with E-state index < -0.39 is 0 Å². The predicted octanol–water partition coefficient (Wildman–Crippen LogP) is 3.40. The largest absolute Gasteiger partial charge is 0.299 e. The Morgan fingerprint density at radius 2 is 1.73 bits per heavy atom. The number of hydrogen-bond donors (Lipinski definition) is 1. The molecule has 0 aliphatic rings. The number of Topliss-reactive ketones (excluding diaryl/α,β-unsaturated/α-hetero) is 1. The normalized spacial score (nSPS) is 12.5. The van der Waals surface area contributed by atoms with Crippen LogP contribution in [-0.2, 0) is 9.59 Å². The molecule has 3 heteroatoms. The average molecular weight is 230 g/mol. The molecule has 0 spiro atoms. The number of ketones is 1. The quantitative estimate of drug-likeness (QED) is 0.616. The third-order valence-corrected chi connectivity index (χ3v) is 2.76. The van der Waals surface area contributed by atoms with Crippen molar-refractivity contribution in [2.75, 3.05) is 0 Å². The molecule has 0 aromatic heterocycles. The van der Waals surface area contributed by atoms with Crippen LogP contribution in [0.1, 0.15) is 58.8 Å². The van der Waals surface area contributed by atoms with Crippen LogP contribution in [0.4, 0.5) is 0 Å². The maximum absolute atomic E-state index is 11.7. The zero-order valence-corrected chi connectivity index (χ0v) is 10.7. The second-order valence-electron chi connectivity index (χ2n) is 3.99. The van der Waals surface area contributed by atoms with Crippen LogP contribution < -0.4 is 0 Å². The van der Waals surface area contributed by atoms with Crippen molar-refractivity contribution < 1.29 is 9.59 Å². The summed E-state index contributed by atoms with van der Waals surface area (Å²) in [5, 5.41) is -0.0758. The highest BCUT2D eigenvalue weighted by atomic mass is 32.1. The fourth-order valence-electron chi connectivity index (χ4n) is 1.76. The van der Waals surface area contributed by atoms with Crippen molar-refractivity contribution in [2.45, 2.75) is 58.8 Å². The molecule has 0 aliphatic heterocycles. The van der Waals surface area contributed by atoms with Gasteiger partial charge in [-0.2, -0.15) is 0 Å². The van der Waals surface area contributed by atoms with Crippen molar-refractivity contribution in [2.24, 2.45) is 5.92 Å². The maximum atomic E-state index is 11.7. The first-order valence-corrected chi connectivity index (χ1v) is 6.31. The maximum Gasteiger partial charge on any atom is 0.185 e. The van der Waals surface area contributed by atoms with E-state index in [-0.39, 0.29) is 11.0 Å². The first-order chi connectivity index (χ1) is 7.11. The molecule has 0 aromatic carbocycles. The average Bonchev–Trinajstić information content (AvgIpc) is 2.16. The van der Waals surface area contributed by atoms with Crippen molar-refractivity contribution in [3.05, 3.63) is 0 Å². The van der Waals surface area contributed by atoms with Gasteiger partial charge in [0.15, 0.2) is 5.12 Å². The second-order valence-corrected chi connectivity index (χ2v) is 4.49. The van der Waals surface area contributed by atoms with Gasteiger partial charge in [-0.3, -0.25) is 9.59 Å². The van der Waals surface area contributed by atoms with E-state index in [9.17, 15) is 9.59 Å². The lowest BCUT2D eigenvalue weighted by molar-refractivity contribution is -0.123. The molecule has 88 valence electrons. The highest BCUT2D eigenvalue weighted by molar-refractivity contribution is 7.96. The van der Waals surface area contributed by atoms with Gasteiger partial charge in [0.2, 0.25) is 0 Å². The number of carbonyl (C=O) groups excluding carboxylic acids is 2. The Balaban J connectivity index is 3.91. The molecule has 1 unspecified atom stereocenters. The van der Waals surface area contributed by atoms with Crippen LogP contribution in [-0.4, -0.2) is 10.9 Å². The van der Waals surface area contributed by atoms with Gasteiger partial charge in [-0.05, 0) is 25.7 Å². The van der Waals surface area contributed by atoms with Crippen LogP contribution in [0.25, 0.3) is 0 Å². The summed E-state index contributed by atoms with van der Waals surface area (Å²) in [5.41, 5.74) is 0. The van der Waals surface area contributed by atoms with Crippen molar-refractivity contribution in [1.29, 1.82) is 0 Å². The summed E-state index contributed by atoms with van der Waals surface area (Å²) in [6.07, 6.45) is 5.72. The molecule has 0 saturated heterocycles. The fourth-order valence-corrected chi connectivity index (χ4v) is 1.92. The van der Waals surface area contributed by atoms with Crippen LogP contribution in [0.2, 0.25) is 0 Å². The van der Waals surface area contributed by atoms with Gasteiger partial charge in [-0.25, -0.2) is 0 Å². The highest BCUT2D eigenvalue weighted by Gasteiger charge is 2.16. The van der Waals surface area contributed by atoms with Gasteiger partial charge < -0.3 is 0 Å². The summed E-state index contributed by atoms with van der Waals surface area (Å²) in [5.74, 6) is 0.536. The molecule has 0 aromatic rings. The van der Waals surface area contributed by atoms with Crippen molar-refractivity contribution in [3.63, 3.8) is 0 Å². The lowest BCUT2D eigenvalue weighted by atomic mass is 9.91. The van der Waals surface area contributed by atoms with Gasteiger partial charge in [0.25, 0.3) is 0 Å². The van der Waals surface area contributed by atoms with Crippen LogP contribution in [0, 0.1) is 5.92 Å². The van der Waals surface area contributed by atoms with Gasteiger partial charge in [0, 0.05) is 18.8 Å². The smallest absolute Gasteiger partial charge is 0.185 e. The summed E-state index contributed by atoms with van der Waals surface area (Å²) in [7, 11) is 0. The minimum Gasteiger partial charge on any atom is -0.299 e. The van der Waals surface area contributed by atoms with Gasteiger partial charge in [0.1, 0.15) is 5.78 Å². The molecule has 1 atom stereocenters. The number of rotatable bonds is 9. The lowest BCUT2D eigenvalue weighted by Crippen LogP contribution is -2.14. The van der Waals surface area contributed by atoms with Gasteiger partial charge in [-0.15, -0.1) is 12.6 Å². The summed E-state index contributed by atoms with van der Waals surface area (Å²) >= 11 is 3.72. The van der Waals surface area contributed by atoms with E-state index in [2.05, 4.69) is 19.6 Å². The molecular weight excluding hydrogens is 208 g/mol. The third kappa shape index (κ3) is 7.60. The Kier molecular flexibility index (Phi) is 8.77. The van der Waals surface area contributed by atoms with E-state index >= 15 is 0 Å². The SMILES string of the molecule is CCCC(=O)C(CCC)CCCC(=O)S. The zero-order chi connectivity index (χ0) is 11.7. The molecule has 0 rings (SSSR count). The van der Waals surface area contributed by atoms with Crippen LogP contribution in [0.5, 0.6) is 0 Å². The van der Waals surface area contributed by atoms with Crippen LogP contribution >= 0.6 is 12.6 Å². The molecule has 0 saturated carbocycles. The molecular formula is C12H22O2S. The molecule has 0 heterocycles. The molecule has 0 aliphatic carbocycles. The van der Waals surface area contributed by atoms with Crippen LogP contribution in [0.15, 0.2) is 0 Å². The third-order valence-electron chi connectivity index (χ3n) is 2.53. The number of carbonyl (C=O) groups is 2. The molecule has 0 bridgehead atoms. The van der Waals surface area contributed by atoms with Gasteiger partial charge >= 0.3 is 0 Å². The van der Waals surface area contributed by atoms with E-state index in [1.54, 1.807) is 0 Å². The first kappa shape index (κ1) is 14.7. The van der Waals surface area contributed by atoms with E-state index in [0.29, 0.717) is 18.6 Å². The Hall–Kier alpha value is -0.310. The molecule has 0 N–H and O–H groups in total. The minimum atomic E-state index is -0.0758. The second kappa shape index (κ2) is 8.96. The summed E-state index contributed by atoms with van der Waals surface area (Å²) in [4.78, 5) is 22.4. The number of hydrogen-bond acceptors (Lipinski definition) is 2. The van der Waals surface area contributed by atoms with Crippen molar-refractivity contribution >= 4 is 23.5 Å². The Morgan fingerprint density at radius 1 is 1.07 bits per heavy atom. The summed E-state index contributed by atoms with van der Waals surface area (Å²) < 4.78 is 0.